The van der Waals surface area contributed by atoms with Crippen molar-refractivity contribution in [1.29, 1.82) is 0 Å². The fraction of sp³-hybridized carbons (Fsp3) is 0.217. The van der Waals surface area contributed by atoms with E-state index < -0.39 is 0 Å². The monoisotopic (exact) mass is 634 g/mol. The van der Waals surface area contributed by atoms with Gasteiger partial charge in [-0.25, -0.2) is 0 Å². The van der Waals surface area contributed by atoms with Gasteiger partial charge in [-0.15, -0.1) is 0 Å². The minimum absolute atomic E-state index is 0.552. The number of benzene rings is 5. The van der Waals surface area contributed by atoms with E-state index in [0.29, 0.717) is 5.92 Å². The maximum atomic E-state index is 5.81. The van der Waals surface area contributed by atoms with E-state index in [1.165, 1.54) is 56.1 Å². The van der Waals surface area contributed by atoms with E-state index in [1.807, 2.05) is 56.3 Å². The van der Waals surface area contributed by atoms with Crippen LogP contribution in [0.2, 0.25) is 0 Å². The molecule has 1 aliphatic carbocycles. The number of aryl methyl sites for hydroxylation is 4. The van der Waals surface area contributed by atoms with Gasteiger partial charge in [-0.05, 0) is 109 Å². The van der Waals surface area contributed by atoms with E-state index in [0.717, 1.165) is 28.2 Å². The Morgan fingerprint density at radius 3 is 2.12 bits per heavy atom. The Hall–Kier alpha value is -5.08. The van der Waals surface area contributed by atoms with Gasteiger partial charge in [0, 0.05) is 16.7 Å². The summed E-state index contributed by atoms with van der Waals surface area (Å²) in [5, 5.41) is 2.40. The van der Waals surface area contributed by atoms with Gasteiger partial charge in [0.15, 0.2) is 0 Å². The van der Waals surface area contributed by atoms with Crippen LogP contribution >= 0.6 is 0 Å². The Bertz CT molecular complexity index is 2040. The van der Waals surface area contributed by atoms with Crippen molar-refractivity contribution < 1.29 is 9.15 Å². The summed E-state index contributed by atoms with van der Waals surface area (Å²) >= 11 is 0. The highest BCUT2D eigenvalue weighted by molar-refractivity contribution is 6.04. The Labute approximate surface area is 288 Å². The molecular formula is C46H50O2. The van der Waals surface area contributed by atoms with Gasteiger partial charge in [0.1, 0.15) is 22.7 Å². The molecule has 0 saturated heterocycles. The van der Waals surface area contributed by atoms with E-state index in [4.69, 9.17) is 9.15 Å². The molecule has 0 N–H and O–H groups in total. The Balaban J connectivity index is 0.000000156. The van der Waals surface area contributed by atoms with Crippen LogP contribution in [0.15, 0.2) is 144 Å². The van der Waals surface area contributed by atoms with Gasteiger partial charge in [0.05, 0.1) is 0 Å². The third-order valence-electron chi connectivity index (χ3n) is 8.19. The van der Waals surface area contributed by atoms with Crippen molar-refractivity contribution in [2.75, 3.05) is 0 Å². The normalized spacial score (nSPS) is 13.0. The van der Waals surface area contributed by atoms with Crippen molar-refractivity contribution in [3.8, 4) is 16.9 Å². The van der Waals surface area contributed by atoms with Crippen molar-refractivity contribution in [2.24, 2.45) is 0 Å². The lowest BCUT2D eigenvalue weighted by Crippen LogP contribution is -1.94. The first-order valence-corrected chi connectivity index (χ1v) is 17.0. The molecule has 246 valence electrons. The van der Waals surface area contributed by atoms with Gasteiger partial charge < -0.3 is 9.15 Å². The first kappa shape index (κ1) is 35.8. The summed E-state index contributed by atoms with van der Waals surface area (Å²) in [5.41, 5.74) is 12.7. The summed E-state index contributed by atoms with van der Waals surface area (Å²) in [6, 6.07) is 36.0. The SMILES string of the molecule is C=C/C=C(\C=C/C)Oc1cc(C)ccc1C.CCC.Cc1ccc2c(c1)oc1ccccc12.Cc1cccc2c1-c1ccccc1C2C. The van der Waals surface area contributed by atoms with Crippen LogP contribution in [-0.4, -0.2) is 0 Å². The molecule has 2 heteroatoms. The second kappa shape index (κ2) is 17.2. The second-order valence-corrected chi connectivity index (χ2v) is 12.3. The van der Waals surface area contributed by atoms with Crippen LogP contribution < -0.4 is 4.74 Å². The number of rotatable bonds is 4. The summed E-state index contributed by atoms with van der Waals surface area (Å²) in [7, 11) is 0. The maximum Gasteiger partial charge on any atom is 0.135 e. The fourth-order valence-electron chi connectivity index (χ4n) is 5.87. The molecule has 2 nitrogen and oxygen atoms in total. The number of furan rings is 1. The largest absolute Gasteiger partial charge is 0.457 e. The molecule has 1 unspecified atom stereocenters. The molecule has 6 aromatic rings. The number of ether oxygens (including phenoxy) is 1. The van der Waals surface area contributed by atoms with Crippen LogP contribution in [0.5, 0.6) is 5.75 Å². The van der Waals surface area contributed by atoms with Crippen molar-refractivity contribution in [3.05, 3.63) is 173 Å². The lowest BCUT2D eigenvalue weighted by atomic mass is 9.98. The zero-order valence-electron chi connectivity index (χ0n) is 29.9. The van der Waals surface area contributed by atoms with Gasteiger partial charge in [0.2, 0.25) is 0 Å². The summed E-state index contributed by atoms with van der Waals surface area (Å²) in [6.45, 7) is 20.6. The molecule has 1 heterocycles. The molecule has 7 rings (SSSR count). The van der Waals surface area contributed by atoms with Crippen molar-refractivity contribution in [2.45, 2.75) is 67.7 Å². The minimum atomic E-state index is 0.552. The van der Waals surface area contributed by atoms with Gasteiger partial charge >= 0.3 is 0 Å². The molecule has 0 fully saturated rings. The van der Waals surface area contributed by atoms with E-state index in [2.05, 4.69) is 127 Å². The van der Waals surface area contributed by atoms with Gasteiger partial charge in [-0.3, -0.25) is 0 Å². The molecule has 0 radical (unpaired) electrons. The van der Waals surface area contributed by atoms with Crippen LogP contribution in [0, 0.1) is 27.7 Å². The summed E-state index contributed by atoms with van der Waals surface area (Å²) in [5.74, 6) is 2.24. The van der Waals surface area contributed by atoms with Gasteiger partial charge in [0.25, 0.3) is 0 Å². The summed E-state index contributed by atoms with van der Waals surface area (Å²) in [6.07, 6.45) is 8.69. The van der Waals surface area contributed by atoms with E-state index in [1.54, 1.807) is 6.08 Å². The maximum absolute atomic E-state index is 5.81. The highest BCUT2D eigenvalue weighted by Crippen LogP contribution is 2.45. The standard InChI is InChI=1S/C15H18O.C15H14.C13H10O.C3H8/c1-5-7-14(8-6-2)16-15-11-12(3)9-10-13(15)4;1-10-6-5-9-13-11(2)12-7-3-4-8-14(12)15(10)13;1-9-6-7-11-10-4-2-3-5-12(10)14-13(11)8-9;1-3-2/h5-11H,1H2,2-4H3;3-9,11H,1-2H3;2-8H,1H3;3H2,1-2H3/b8-6-,14-7+;;;. The number of hydrogen-bond acceptors (Lipinski definition) is 2. The zero-order valence-corrected chi connectivity index (χ0v) is 29.9. The van der Waals surface area contributed by atoms with Crippen LogP contribution in [0.1, 0.15) is 73.4 Å². The Morgan fingerprint density at radius 1 is 0.729 bits per heavy atom. The summed E-state index contributed by atoms with van der Waals surface area (Å²) in [4.78, 5) is 0. The smallest absolute Gasteiger partial charge is 0.135 e. The number of allylic oxidation sites excluding steroid dienone is 4. The molecule has 48 heavy (non-hydrogen) atoms. The number of para-hydroxylation sites is 1. The first-order chi connectivity index (χ1) is 23.2. The predicted molar refractivity (Wildman–Crippen MR) is 208 cm³/mol. The quantitative estimate of drug-likeness (QED) is 0.142. The van der Waals surface area contributed by atoms with Crippen molar-refractivity contribution >= 4 is 21.9 Å². The molecule has 5 aromatic carbocycles. The minimum Gasteiger partial charge on any atom is -0.457 e. The van der Waals surface area contributed by atoms with Crippen LogP contribution in [-0.2, 0) is 0 Å². The third kappa shape index (κ3) is 8.63. The predicted octanol–water partition coefficient (Wildman–Crippen LogP) is 13.8. The zero-order chi connectivity index (χ0) is 34.6. The van der Waals surface area contributed by atoms with Crippen LogP contribution in [0.4, 0.5) is 0 Å². The molecule has 0 spiro atoms. The third-order valence-corrected chi connectivity index (χ3v) is 8.19. The van der Waals surface area contributed by atoms with Crippen molar-refractivity contribution in [3.63, 3.8) is 0 Å². The van der Waals surface area contributed by atoms with Crippen LogP contribution in [0.25, 0.3) is 33.1 Å². The second-order valence-electron chi connectivity index (χ2n) is 12.3. The van der Waals surface area contributed by atoms with Gasteiger partial charge in [-0.2, -0.15) is 0 Å². The molecule has 0 bridgehead atoms. The molecule has 0 amide bonds. The summed E-state index contributed by atoms with van der Waals surface area (Å²) < 4.78 is 11.5. The molecular weight excluding hydrogens is 585 g/mol. The van der Waals surface area contributed by atoms with E-state index >= 15 is 0 Å². The lowest BCUT2D eigenvalue weighted by Gasteiger charge is -2.09. The molecule has 1 aliphatic rings. The fourth-order valence-corrected chi connectivity index (χ4v) is 5.87. The molecule has 1 atom stereocenters. The number of hydrogen-bond donors (Lipinski definition) is 0. The average Bonchev–Trinajstić information content (AvgIpc) is 3.59. The van der Waals surface area contributed by atoms with Crippen LogP contribution in [0.3, 0.4) is 0 Å². The van der Waals surface area contributed by atoms with Crippen molar-refractivity contribution in [1.82, 2.24) is 0 Å². The first-order valence-electron chi connectivity index (χ1n) is 17.0. The molecule has 1 aromatic heterocycles. The van der Waals surface area contributed by atoms with E-state index in [9.17, 15) is 0 Å². The lowest BCUT2D eigenvalue weighted by molar-refractivity contribution is 0.441. The Morgan fingerprint density at radius 2 is 1.38 bits per heavy atom. The molecule has 0 saturated carbocycles. The van der Waals surface area contributed by atoms with Gasteiger partial charge in [-0.1, -0.05) is 131 Å². The average molecular weight is 635 g/mol. The topological polar surface area (TPSA) is 22.4 Å². The highest BCUT2D eigenvalue weighted by atomic mass is 16.5. The highest BCUT2D eigenvalue weighted by Gasteiger charge is 2.25. The number of fused-ring (bicyclic) bond motifs is 6. The Kier molecular flexibility index (Phi) is 12.8. The molecule has 0 aliphatic heterocycles. The van der Waals surface area contributed by atoms with E-state index in [-0.39, 0.29) is 0 Å².